The van der Waals surface area contributed by atoms with Crippen molar-refractivity contribution >= 4 is 45.4 Å². The Bertz CT molecular complexity index is 896. The molecule has 3 rings (SSSR count). The van der Waals surface area contributed by atoms with Crippen LogP contribution in [0.5, 0.6) is 0 Å². The van der Waals surface area contributed by atoms with E-state index < -0.39 is 11.2 Å². The van der Waals surface area contributed by atoms with Crippen molar-refractivity contribution in [2.24, 2.45) is 0 Å². The van der Waals surface area contributed by atoms with E-state index in [1.54, 1.807) is 12.1 Å². The van der Waals surface area contributed by atoms with Gasteiger partial charge in [0.1, 0.15) is 11.3 Å². The molecule has 1 aromatic carbocycles. The van der Waals surface area contributed by atoms with Gasteiger partial charge in [-0.2, -0.15) is 0 Å². The number of rotatable bonds is 1. The Morgan fingerprint density at radius 3 is 2.74 bits per heavy atom. The lowest BCUT2D eigenvalue weighted by Gasteiger charge is -2.00. The van der Waals surface area contributed by atoms with Crippen molar-refractivity contribution in [3.8, 4) is 11.4 Å². The minimum atomic E-state index is -0.587. The predicted octanol–water partition coefficient (Wildman–Crippen LogP) is 1.86. The zero-order valence-electron chi connectivity index (χ0n) is 9.25. The lowest BCUT2D eigenvalue weighted by atomic mass is 10.2. The molecule has 0 saturated heterocycles. The normalized spacial score (nSPS) is 11.1. The highest BCUT2D eigenvalue weighted by Crippen LogP contribution is 2.26. The molecule has 0 bridgehead atoms. The van der Waals surface area contributed by atoms with E-state index in [1.807, 2.05) is 6.07 Å². The van der Waals surface area contributed by atoms with Gasteiger partial charge in [0.2, 0.25) is 0 Å². The summed E-state index contributed by atoms with van der Waals surface area (Å²) in [5.74, 6) is 0.481. The summed E-state index contributed by atoms with van der Waals surface area (Å²) in [4.78, 5) is 34.5. The molecule has 0 aliphatic rings. The Kier molecular flexibility index (Phi) is 2.94. The van der Waals surface area contributed by atoms with E-state index in [9.17, 15) is 9.59 Å². The van der Waals surface area contributed by atoms with E-state index in [0.717, 1.165) is 9.13 Å². The second kappa shape index (κ2) is 4.49. The van der Waals surface area contributed by atoms with Crippen LogP contribution in [0.3, 0.4) is 0 Å². The Hall–Kier alpha value is -1.61. The van der Waals surface area contributed by atoms with E-state index in [-0.39, 0.29) is 11.2 Å². The third-order valence-electron chi connectivity index (χ3n) is 2.57. The summed E-state index contributed by atoms with van der Waals surface area (Å²) < 4.78 is 0.930. The van der Waals surface area contributed by atoms with Crippen LogP contribution in [0, 0.1) is 3.57 Å². The van der Waals surface area contributed by atoms with E-state index in [0.29, 0.717) is 10.8 Å². The summed E-state index contributed by atoms with van der Waals surface area (Å²) in [7, 11) is 0. The third-order valence-corrected chi connectivity index (χ3v) is 3.75. The van der Waals surface area contributed by atoms with Crippen LogP contribution >= 0.6 is 34.2 Å². The smallest absolute Gasteiger partial charge is 0.327 e. The van der Waals surface area contributed by atoms with E-state index >= 15 is 0 Å². The van der Waals surface area contributed by atoms with Crippen molar-refractivity contribution in [2.75, 3.05) is 0 Å². The molecule has 0 fully saturated rings. The topological polar surface area (TPSA) is 94.4 Å². The lowest BCUT2D eigenvalue weighted by molar-refractivity contribution is 1.07. The fraction of sp³-hybridized carbons (Fsp3) is 0. The molecule has 0 spiro atoms. The molecule has 0 aliphatic heterocycles. The second-order valence-electron chi connectivity index (χ2n) is 3.84. The molecule has 8 heteroatoms. The highest BCUT2D eigenvalue weighted by molar-refractivity contribution is 14.1. The molecule has 0 unspecified atom stereocenters. The maximum atomic E-state index is 11.6. The molecule has 0 saturated carbocycles. The number of nitrogens with one attached hydrogen (secondary N) is 3. The fourth-order valence-electron chi connectivity index (χ4n) is 1.74. The standard InChI is InChI=1S/C11H6ClIN4O2/c12-4-1-2-6(13)5(3-4)8-14-7-9(15-8)16-11(19)17-10(7)18/h1-3H,(H3,14,15,16,17,18,19). The first kappa shape index (κ1) is 12.4. The van der Waals surface area contributed by atoms with Crippen molar-refractivity contribution < 1.29 is 0 Å². The van der Waals surface area contributed by atoms with Crippen molar-refractivity contribution in [1.82, 2.24) is 19.9 Å². The van der Waals surface area contributed by atoms with Crippen LogP contribution in [-0.2, 0) is 0 Å². The first-order valence-corrected chi connectivity index (χ1v) is 6.68. The zero-order valence-corrected chi connectivity index (χ0v) is 12.2. The highest BCUT2D eigenvalue weighted by atomic mass is 127. The number of benzene rings is 1. The Balaban J connectivity index is 2.32. The fourth-order valence-corrected chi connectivity index (χ4v) is 2.50. The van der Waals surface area contributed by atoms with Crippen LogP contribution in [0.4, 0.5) is 0 Å². The zero-order chi connectivity index (χ0) is 13.6. The minimum absolute atomic E-state index is 0.222. The average molecular weight is 389 g/mol. The Morgan fingerprint density at radius 2 is 1.95 bits per heavy atom. The number of halogens is 2. The molecule has 96 valence electrons. The summed E-state index contributed by atoms with van der Waals surface area (Å²) >= 11 is 8.10. The SMILES string of the molecule is O=c1[nH]c(=O)c2[nH]c(-c3cc(Cl)ccc3I)nc2[nH]1. The summed E-state index contributed by atoms with van der Waals surface area (Å²) in [6.07, 6.45) is 0. The molecule has 0 atom stereocenters. The number of hydrogen-bond donors (Lipinski definition) is 3. The van der Waals surface area contributed by atoms with Gasteiger partial charge in [0, 0.05) is 14.2 Å². The van der Waals surface area contributed by atoms with Gasteiger partial charge in [-0.3, -0.25) is 14.8 Å². The number of hydrogen-bond acceptors (Lipinski definition) is 3. The number of H-pyrrole nitrogens is 3. The largest absolute Gasteiger partial charge is 0.332 e. The van der Waals surface area contributed by atoms with E-state index in [2.05, 4.69) is 42.5 Å². The summed E-state index contributed by atoms with van der Waals surface area (Å²) in [6, 6.07) is 5.36. The van der Waals surface area contributed by atoms with E-state index in [1.165, 1.54) is 0 Å². The van der Waals surface area contributed by atoms with Gasteiger partial charge in [0.15, 0.2) is 5.65 Å². The molecule has 3 N–H and O–H groups in total. The quantitative estimate of drug-likeness (QED) is 0.556. The molecule has 0 amide bonds. The number of nitrogens with zero attached hydrogens (tertiary/aromatic N) is 1. The molecule has 6 nitrogen and oxygen atoms in total. The van der Waals surface area contributed by atoms with Crippen molar-refractivity contribution in [2.45, 2.75) is 0 Å². The van der Waals surface area contributed by atoms with Gasteiger partial charge < -0.3 is 4.98 Å². The lowest BCUT2D eigenvalue weighted by Crippen LogP contribution is -2.21. The summed E-state index contributed by atoms with van der Waals surface area (Å²) in [6.45, 7) is 0. The summed E-state index contributed by atoms with van der Waals surface area (Å²) in [5, 5.41) is 0.568. The van der Waals surface area contributed by atoms with Crippen molar-refractivity contribution in [3.05, 3.63) is 47.6 Å². The molecule has 2 aromatic heterocycles. The maximum Gasteiger partial charge on any atom is 0.327 e. The maximum absolute atomic E-state index is 11.6. The molecular weight excluding hydrogens is 383 g/mol. The number of aromatic nitrogens is 4. The molecule has 2 heterocycles. The summed E-state index contributed by atoms with van der Waals surface area (Å²) in [5.41, 5.74) is 0.125. The van der Waals surface area contributed by atoms with Gasteiger partial charge >= 0.3 is 5.69 Å². The molecule has 0 aliphatic carbocycles. The van der Waals surface area contributed by atoms with Crippen LogP contribution in [0.25, 0.3) is 22.6 Å². The third kappa shape index (κ3) is 2.19. The monoisotopic (exact) mass is 388 g/mol. The van der Waals surface area contributed by atoms with Gasteiger partial charge in [0.25, 0.3) is 5.56 Å². The molecular formula is C11H6ClIN4O2. The van der Waals surface area contributed by atoms with Gasteiger partial charge in [-0.15, -0.1) is 0 Å². The van der Waals surface area contributed by atoms with Gasteiger partial charge in [-0.25, -0.2) is 9.78 Å². The molecule has 0 radical (unpaired) electrons. The predicted molar refractivity (Wildman–Crippen MR) is 80.5 cm³/mol. The number of fused-ring (bicyclic) bond motifs is 1. The van der Waals surface area contributed by atoms with Crippen LogP contribution in [-0.4, -0.2) is 19.9 Å². The number of imidazole rings is 1. The molecule has 19 heavy (non-hydrogen) atoms. The van der Waals surface area contributed by atoms with Gasteiger partial charge in [-0.05, 0) is 40.8 Å². The van der Waals surface area contributed by atoms with Crippen LogP contribution in [0.15, 0.2) is 27.8 Å². The highest BCUT2D eigenvalue weighted by Gasteiger charge is 2.12. The Morgan fingerprint density at radius 1 is 1.16 bits per heavy atom. The second-order valence-corrected chi connectivity index (χ2v) is 5.44. The first-order chi connectivity index (χ1) is 9.04. The average Bonchev–Trinajstić information content (AvgIpc) is 2.76. The van der Waals surface area contributed by atoms with Crippen LogP contribution < -0.4 is 11.2 Å². The number of aromatic amines is 3. The Labute approximate surface area is 124 Å². The van der Waals surface area contributed by atoms with Gasteiger partial charge in [0.05, 0.1) is 0 Å². The van der Waals surface area contributed by atoms with Crippen LogP contribution in [0.1, 0.15) is 0 Å². The van der Waals surface area contributed by atoms with Crippen LogP contribution in [0.2, 0.25) is 5.02 Å². The van der Waals surface area contributed by atoms with Gasteiger partial charge in [-0.1, -0.05) is 11.6 Å². The molecule has 3 aromatic rings. The van der Waals surface area contributed by atoms with Crippen molar-refractivity contribution in [3.63, 3.8) is 0 Å². The van der Waals surface area contributed by atoms with Crippen molar-refractivity contribution in [1.29, 1.82) is 0 Å². The first-order valence-electron chi connectivity index (χ1n) is 5.22. The van der Waals surface area contributed by atoms with E-state index in [4.69, 9.17) is 11.6 Å². The minimum Gasteiger partial charge on any atom is -0.332 e.